The molecule has 316 valence electrons. The summed E-state index contributed by atoms with van der Waals surface area (Å²) >= 11 is 0. The zero-order valence-electron chi connectivity index (χ0n) is 36.8. The molecule has 0 saturated carbocycles. The molecule has 0 saturated heterocycles. The van der Waals surface area contributed by atoms with Gasteiger partial charge in [-0.3, -0.25) is 4.57 Å². The summed E-state index contributed by atoms with van der Waals surface area (Å²) in [4.78, 5) is 15.5. The third-order valence-electron chi connectivity index (χ3n) is 13.8. The first kappa shape index (κ1) is 38.1. The summed E-state index contributed by atoms with van der Waals surface area (Å²) in [6.07, 6.45) is 0. The number of para-hydroxylation sites is 3. The lowest BCUT2D eigenvalue weighted by Gasteiger charge is -2.18. The summed E-state index contributed by atoms with van der Waals surface area (Å²) in [7, 11) is 0. The molecule has 0 radical (unpaired) electrons. The van der Waals surface area contributed by atoms with Crippen molar-refractivity contribution in [3.05, 3.63) is 237 Å². The molecule has 0 unspecified atom stereocenters. The Hall–Kier alpha value is -9.19. The van der Waals surface area contributed by atoms with Gasteiger partial charge in [0.2, 0.25) is 5.95 Å². The van der Waals surface area contributed by atoms with Crippen molar-refractivity contribution in [1.29, 1.82) is 0 Å². The Morgan fingerprint density at radius 2 is 0.735 bits per heavy atom. The van der Waals surface area contributed by atoms with Crippen LogP contribution in [-0.2, 0) is 0 Å². The molecule has 3 heterocycles. The normalized spacial score (nSPS) is 11.8. The van der Waals surface area contributed by atoms with Crippen molar-refractivity contribution in [2.75, 3.05) is 0 Å². The van der Waals surface area contributed by atoms with Gasteiger partial charge in [0.25, 0.3) is 0 Å². The van der Waals surface area contributed by atoms with E-state index in [1.165, 1.54) is 59.8 Å². The molecular formula is C63H39N5. The molecular weight excluding hydrogens is 827 g/mol. The minimum absolute atomic E-state index is 0.566. The molecule has 0 aliphatic carbocycles. The fourth-order valence-corrected chi connectivity index (χ4v) is 10.8. The van der Waals surface area contributed by atoms with Crippen LogP contribution in [0.4, 0.5) is 0 Å². The Balaban J connectivity index is 1.03. The van der Waals surface area contributed by atoms with Crippen LogP contribution in [0, 0.1) is 0 Å². The smallest absolute Gasteiger partial charge is 0.238 e. The highest BCUT2D eigenvalue weighted by molar-refractivity contribution is 6.27. The number of hydrogen-bond acceptors (Lipinski definition) is 3. The predicted molar refractivity (Wildman–Crippen MR) is 283 cm³/mol. The zero-order chi connectivity index (χ0) is 44.7. The molecule has 0 aliphatic rings. The van der Waals surface area contributed by atoms with Gasteiger partial charge >= 0.3 is 0 Å². The van der Waals surface area contributed by atoms with E-state index in [0.29, 0.717) is 17.6 Å². The van der Waals surface area contributed by atoms with Crippen LogP contribution in [0.25, 0.3) is 133 Å². The van der Waals surface area contributed by atoms with E-state index in [2.05, 4.69) is 209 Å². The minimum Gasteiger partial charge on any atom is -0.308 e. The molecule has 68 heavy (non-hydrogen) atoms. The standard InChI is InChI=1S/C63H39N5/c1-3-19-40(20-4-1)61-64-62(41-21-5-2-6-22-41)66-63(65-61)68-57-34-18-15-31-53(57)59-58(68)38-37-52-51-30-14-17-33-56(51)67(60(52)59)55-32-16-13-29-50(55)44-24-8-7-23-43(44)42-35-36-49-47-27-10-9-25-45(47)46-26-11-12-28-48(46)54(49)39-42/h1-39H. The maximum absolute atomic E-state index is 5.25. The van der Waals surface area contributed by atoms with Crippen LogP contribution < -0.4 is 0 Å². The van der Waals surface area contributed by atoms with Crippen molar-refractivity contribution in [3.63, 3.8) is 0 Å². The molecule has 0 amide bonds. The van der Waals surface area contributed by atoms with Crippen molar-refractivity contribution >= 4 is 75.9 Å². The topological polar surface area (TPSA) is 48.5 Å². The Kier molecular flexibility index (Phi) is 8.52. The monoisotopic (exact) mass is 865 g/mol. The lowest BCUT2D eigenvalue weighted by molar-refractivity contribution is 0.953. The van der Waals surface area contributed by atoms with E-state index in [4.69, 9.17) is 15.0 Å². The van der Waals surface area contributed by atoms with Crippen LogP contribution in [0.5, 0.6) is 0 Å². The molecule has 0 fully saturated rings. The number of aromatic nitrogens is 5. The minimum atomic E-state index is 0.566. The van der Waals surface area contributed by atoms with Gasteiger partial charge in [0, 0.05) is 38.2 Å². The van der Waals surface area contributed by atoms with Gasteiger partial charge in [-0.05, 0) is 79.3 Å². The number of rotatable bonds is 6. The van der Waals surface area contributed by atoms with E-state index in [1.54, 1.807) is 0 Å². The Bertz CT molecular complexity index is 4230. The third-order valence-corrected chi connectivity index (χ3v) is 13.8. The van der Waals surface area contributed by atoms with Crippen LogP contribution in [-0.4, -0.2) is 24.1 Å². The van der Waals surface area contributed by atoms with Crippen molar-refractivity contribution in [2.24, 2.45) is 0 Å². The third kappa shape index (κ3) is 5.79. The molecule has 0 N–H and O–H groups in total. The Morgan fingerprint density at radius 1 is 0.265 bits per heavy atom. The van der Waals surface area contributed by atoms with Gasteiger partial charge in [-0.25, -0.2) is 4.98 Å². The van der Waals surface area contributed by atoms with Crippen LogP contribution in [0.3, 0.4) is 0 Å². The first-order valence-corrected chi connectivity index (χ1v) is 23.1. The van der Waals surface area contributed by atoms with Gasteiger partial charge in [0.15, 0.2) is 11.6 Å². The molecule has 5 nitrogen and oxygen atoms in total. The van der Waals surface area contributed by atoms with Crippen LogP contribution in [0.2, 0.25) is 0 Å². The summed E-state index contributed by atoms with van der Waals surface area (Å²) in [6.45, 7) is 0. The quantitative estimate of drug-likeness (QED) is 0.156. The second-order valence-electron chi connectivity index (χ2n) is 17.5. The van der Waals surface area contributed by atoms with Crippen molar-refractivity contribution in [3.8, 4) is 56.7 Å². The predicted octanol–water partition coefficient (Wildman–Crippen LogP) is 16.2. The van der Waals surface area contributed by atoms with Crippen molar-refractivity contribution in [1.82, 2.24) is 24.1 Å². The number of nitrogens with zero attached hydrogens (tertiary/aromatic N) is 5. The van der Waals surface area contributed by atoms with Crippen LogP contribution in [0.1, 0.15) is 0 Å². The van der Waals surface area contributed by atoms with Gasteiger partial charge in [0.05, 0.1) is 27.8 Å². The zero-order valence-corrected chi connectivity index (χ0v) is 36.8. The summed E-state index contributed by atoms with van der Waals surface area (Å²) in [5, 5.41) is 12.2. The molecule has 0 atom stereocenters. The molecule has 0 bridgehead atoms. The summed E-state index contributed by atoms with van der Waals surface area (Å²) in [5.41, 5.74) is 11.9. The molecule has 5 heteroatoms. The number of benzene rings is 11. The molecule has 14 rings (SSSR count). The Morgan fingerprint density at radius 3 is 1.38 bits per heavy atom. The lowest BCUT2D eigenvalue weighted by atomic mass is 9.89. The maximum atomic E-state index is 5.25. The van der Waals surface area contributed by atoms with Crippen LogP contribution >= 0.6 is 0 Å². The fourth-order valence-electron chi connectivity index (χ4n) is 10.8. The van der Waals surface area contributed by atoms with E-state index in [0.717, 1.165) is 55.2 Å². The molecule has 3 aromatic heterocycles. The summed E-state index contributed by atoms with van der Waals surface area (Å²) < 4.78 is 4.72. The molecule has 0 spiro atoms. The molecule has 11 aromatic carbocycles. The summed E-state index contributed by atoms with van der Waals surface area (Å²) in [5.74, 6) is 1.81. The van der Waals surface area contributed by atoms with E-state index >= 15 is 0 Å². The first-order chi connectivity index (χ1) is 33.8. The second-order valence-corrected chi connectivity index (χ2v) is 17.5. The fraction of sp³-hybridized carbons (Fsp3) is 0. The average Bonchev–Trinajstić information content (AvgIpc) is 3.94. The number of hydrogen-bond donors (Lipinski definition) is 0. The molecule has 14 aromatic rings. The highest BCUT2D eigenvalue weighted by Gasteiger charge is 2.24. The Labute approximate surface area is 391 Å². The maximum Gasteiger partial charge on any atom is 0.238 e. The van der Waals surface area contributed by atoms with Crippen molar-refractivity contribution in [2.45, 2.75) is 0 Å². The highest BCUT2D eigenvalue weighted by atomic mass is 15.2. The van der Waals surface area contributed by atoms with Crippen LogP contribution in [0.15, 0.2) is 237 Å². The van der Waals surface area contributed by atoms with Crippen molar-refractivity contribution < 1.29 is 0 Å². The SMILES string of the molecule is c1ccc(-c2nc(-c3ccccc3)nc(-n3c4ccccc4c4c3ccc3c5ccccc5n(-c5ccccc5-c5ccccc5-c5ccc6c7ccccc7c7ccccc7c6c5)c34)n2)cc1. The van der Waals surface area contributed by atoms with E-state index in [-0.39, 0.29) is 0 Å². The highest BCUT2D eigenvalue weighted by Crippen LogP contribution is 2.45. The van der Waals surface area contributed by atoms with Gasteiger partial charge in [-0.2, -0.15) is 9.97 Å². The van der Waals surface area contributed by atoms with Gasteiger partial charge < -0.3 is 4.57 Å². The van der Waals surface area contributed by atoms with Gasteiger partial charge in [0.1, 0.15) is 0 Å². The van der Waals surface area contributed by atoms with E-state index < -0.39 is 0 Å². The van der Waals surface area contributed by atoms with E-state index in [9.17, 15) is 0 Å². The summed E-state index contributed by atoms with van der Waals surface area (Å²) in [6, 6.07) is 84.8. The van der Waals surface area contributed by atoms with E-state index in [1.807, 2.05) is 36.4 Å². The number of fused-ring (bicyclic) bond motifs is 13. The average molecular weight is 866 g/mol. The second kappa shape index (κ2) is 15.2. The first-order valence-electron chi connectivity index (χ1n) is 23.1. The van der Waals surface area contributed by atoms with Gasteiger partial charge in [-0.15, -0.1) is 0 Å². The lowest BCUT2D eigenvalue weighted by Crippen LogP contribution is -2.06. The molecule has 0 aliphatic heterocycles. The largest absolute Gasteiger partial charge is 0.308 e. The van der Waals surface area contributed by atoms with Gasteiger partial charge in [-0.1, -0.05) is 206 Å².